The van der Waals surface area contributed by atoms with Gasteiger partial charge in [-0.1, -0.05) is 6.08 Å². The highest BCUT2D eigenvalue weighted by Gasteiger charge is 2.21. The summed E-state index contributed by atoms with van der Waals surface area (Å²) in [5.41, 5.74) is 0. The second kappa shape index (κ2) is 7.84. The van der Waals surface area contributed by atoms with Crippen LogP contribution in [0.1, 0.15) is 12.8 Å². The normalized spacial score (nSPS) is 20.2. The Morgan fingerprint density at radius 2 is 2.28 bits per heavy atom. The van der Waals surface area contributed by atoms with Gasteiger partial charge in [0.1, 0.15) is 0 Å². The lowest BCUT2D eigenvalue weighted by Gasteiger charge is -2.30. The van der Waals surface area contributed by atoms with Crippen LogP contribution in [-0.2, 0) is 4.79 Å². The van der Waals surface area contributed by atoms with E-state index in [0.29, 0.717) is 13.1 Å². The van der Waals surface area contributed by atoms with E-state index < -0.39 is 6.03 Å². The lowest BCUT2D eigenvalue weighted by Crippen LogP contribution is -2.47. The summed E-state index contributed by atoms with van der Waals surface area (Å²) in [5, 5.41) is 13.8. The molecule has 0 saturated carbocycles. The zero-order valence-corrected chi connectivity index (χ0v) is 10.5. The topological polar surface area (TPSA) is 81.7 Å². The standard InChI is InChI=1S/C12H21N3O3/c1-2-5-13-12(18)14-11(17)8-15-6-3-4-10(7-15)9-16/h2,10,16H,1,3-9H2,(H2,13,14,17,18). The van der Waals surface area contributed by atoms with Gasteiger partial charge in [0.15, 0.2) is 0 Å². The summed E-state index contributed by atoms with van der Waals surface area (Å²) in [7, 11) is 0. The molecule has 0 aromatic carbocycles. The van der Waals surface area contributed by atoms with Crippen molar-refractivity contribution in [1.29, 1.82) is 0 Å². The molecule has 0 bridgehead atoms. The zero-order valence-electron chi connectivity index (χ0n) is 10.5. The molecular formula is C12H21N3O3. The molecule has 0 aliphatic carbocycles. The van der Waals surface area contributed by atoms with Crippen LogP contribution in [0.15, 0.2) is 12.7 Å². The molecule has 1 fully saturated rings. The third-order valence-electron chi connectivity index (χ3n) is 2.89. The molecule has 102 valence electrons. The number of carbonyl (C=O) groups excluding carboxylic acids is 2. The average molecular weight is 255 g/mol. The fraction of sp³-hybridized carbons (Fsp3) is 0.667. The first kappa shape index (κ1) is 14.7. The van der Waals surface area contributed by atoms with E-state index in [2.05, 4.69) is 17.2 Å². The number of urea groups is 1. The summed E-state index contributed by atoms with van der Waals surface area (Å²) in [6.07, 6.45) is 3.51. The van der Waals surface area contributed by atoms with Gasteiger partial charge in [0.05, 0.1) is 6.54 Å². The summed E-state index contributed by atoms with van der Waals surface area (Å²) < 4.78 is 0. The second-order valence-corrected chi connectivity index (χ2v) is 4.47. The number of rotatable bonds is 5. The van der Waals surface area contributed by atoms with Gasteiger partial charge in [0.2, 0.25) is 5.91 Å². The maximum Gasteiger partial charge on any atom is 0.321 e. The van der Waals surface area contributed by atoms with Crippen molar-refractivity contribution in [3.05, 3.63) is 12.7 Å². The van der Waals surface area contributed by atoms with Crippen molar-refractivity contribution in [3.63, 3.8) is 0 Å². The van der Waals surface area contributed by atoms with Crippen LogP contribution in [0, 0.1) is 5.92 Å². The zero-order chi connectivity index (χ0) is 13.4. The van der Waals surface area contributed by atoms with E-state index in [1.54, 1.807) is 6.08 Å². The molecule has 3 amide bonds. The lowest BCUT2D eigenvalue weighted by molar-refractivity contribution is -0.121. The Kier molecular flexibility index (Phi) is 6.38. The first-order chi connectivity index (χ1) is 8.65. The Labute approximate surface area is 107 Å². The SMILES string of the molecule is C=CCNC(=O)NC(=O)CN1CCCC(CO)C1. The fourth-order valence-corrected chi connectivity index (χ4v) is 2.02. The molecule has 1 unspecified atom stereocenters. The van der Waals surface area contributed by atoms with Crippen molar-refractivity contribution >= 4 is 11.9 Å². The van der Waals surface area contributed by atoms with E-state index in [0.717, 1.165) is 19.4 Å². The van der Waals surface area contributed by atoms with Gasteiger partial charge in [-0.05, 0) is 25.3 Å². The number of nitrogens with zero attached hydrogens (tertiary/aromatic N) is 1. The van der Waals surface area contributed by atoms with E-state index in [9.17, 15) is 9.59 Å². The summed E-state index contributed by atoms with van der Waals surface area (Å²) in [6, 6.07) is -0.504. The van der Waals surface area contributed by atoms with Gasteiger partial charge in [-0.3, -0.25) is 15.0 Å². The number of carbonyl (C=O) groups is 2. The molecule has 6 nitrogen and oxygen atoms in total. The fourth-order valence-electron chi connectivity index (χ4n) is 2.02. The number of piperidine rings is 1. The second-order valence-electron chi connectivity index (χ2n) is 4.47. The quantitative estimate of drug-likeness (QED) is 0.589. The van der Waals surface area contributed by atoms with Crippen LogP contribution in [-0.4, -0.2) is 54.7 Å². The highest BCUT2D eigenvalue weighted by Crippen LogP contribution is 2.14. The summed E-state index contributed by atoms with van der Waals surface area (Å²) in [5.74, 6) is -0.0868. The molecule has 18 heavy (non-hydrogen) atoms. The van der Waals surface area contributed by atoms with Crippen LogP contribution in [0.5, 0.6) is 0 Å². The largest absolute Gasteiger partial charge is 0.396 e. The number of nitrogens with one attached hydrogen (secondary N) is 2. The third kappa shape index (κ3) is 5.29. The number of imide groups is 1. The molecule has 0 aromatic heterocycles. The van der Waals surface area contributed by atoms with E-state index >= 15 is 0 Å². The van der Waals surface area contributed by atoms with Gasteiger partial charge in [0, 0.05) is 19.7 Å². The Bertz CT molecular complexity index is 307. The Morgan fingerprint density at radius 3 is 2.94 bits per heavy atom. The minimum absolute atomic E-state index is 0.151. The molecule has 0 spiro atoms. The van der Waals surface area contributed by atoms with E-state index in [1.807, 2.05) is 4.90 Å². The van der Waals surface area contributed by atoms with E-state index in [1.165, 1.54) is 0 Å². The average Bonchev–Trinajstić information content (AvgIpc) is 2.36. The maximum atomic E-state index is 11.6. The molecule has 1 saturated heterocycles. The Morgan fingerprint density at radius 1 is 1.50 bits per heavy atom. The highest BCUT2D eigenvalue weighted by atomic mass is 16.3. The Hall–Kier alpha value is -1.40. The highest BCUT2D eigenvalue weighted by molar-refractivity contribution is 5.95. The molecule has 0 aromatic rings. The number of aliphatic hydroxyl groups excluding tert-OH is 1. The van der Waals surface area contributed by atoms with Crippen molar-refractivity contribution < 1.29 is 14.7 Å². The van der Waals surface area contributed by atoms with Crippen LogP contribution < -0.4 is 10.6 Å². The third-order valence-corrected chi connectivity index (χ3v) is 2.89. The van der Waals surface area contributed by atoms with Crippen LogP contribution in [0.3, 0.4) is 0 Å². The molecule has 1 aliphatic heterocycles. The van der Waals surface area contributed by atoms with Crippen molar-refractivity contribution in [1.82, 2.24) is 15.5 Å². The number of hydrogen-bond donors (Lipinski definition) is 3. The number of likely N-dealkylation sites (tertiary alicyclic amines) is 1. The molecular weight excluding hydrogens is 234 g/mol. The monoisotopic (exact) mass is 255 g/mol. The van der Waals surface area contributed by atoms with E-state index in [4.69, 9.17) is 5.11 Å². The van der Waals surface area contributed by atoms with Gasteiger partial charge in [-0.25, -0.2) is 4.79 Å². The van der Waals surface area contributed by atoms with Crippen molar-refractivity contribution in [3.8, 4) is 0 Å². The Balaban J connectivity index is 2.26. The number of amides is 3. The minimum atomic E-state index is -0.504. The van der Waals surface area contributed by atoms with Crippen molar-refractivity contribution in [2.24, 2.45) is 5.92 Å². The first-order valence-electron chi connectivity index (χ1n) is 6.17. The van der Waals surface area contributed by atoms with Gasteiger partial charge in [0.25, 0.3) is 0 Å². The van der Waals surface area contributed by atoms with Gasteiger partial charge >= 0.3 is 6.03 Å². The van der Waals surface area contributed by atoms with Gasteiger partial charge in [-0.2, -0.15) is 0 Å². The molecule has 1 aliphatic rings. The molecule has 0 radical (unpaired) electrons. The minimum Gasteiger partial charge on any atom is -0.396 e. The predicted octanol–water partition coefficient (Wildman–Crippen LogP) is -0.297. The van der Waals surface area contributed by atoms with Crippen LogP contribution in [0.2, 0.25) is 0 Å². The molecule has 1 atom stereocenters. The molecule has 6 heteroatoms. The molecule has 1 rings (SSSR count). The molecule has 3 N–H and O–H groups in total. The summed E-state index contributed by atoms with van der Waals surface area (Å²) in [6.45, 7) is 5.67. The van der Waals surface area contributed by atoms with Crippen LogP contribution >= 0.6 is 0 Å². The maximum absolute atomic E-state index is 11.6. The first-order valence-corrected chi connectivity index (χ1v) is 6.17. The number of hydrogen-bond acceptors (Lipinski definition) is 4. The number of aliphatic hydroxyl groups is 1. The van der Waals surface area contributed by atoms with Crippen molar-refractivity contribution in [2.45, 2.75) is 12.8 Å². The lowest BCUT2D eigenvalue weighted by atomic mass is 9.99. The molecule has 1 heterocycles. The van der Waals surface area contributed by atoms with Crippen LogP contribution in [0.25, 0.3) is 0 Å². The van der Waals surface area contributed by atoms with Gasteiger partial charge < -0.3 is 10.4 Å². The van der Waals surface area contributed by atoms with Crippen LogP contribution in [0.4, 0.5) is 4.79 Å². The summed E-state index contributed by atoms with van der Waals surface area (Å²) in [4.78, 5) is 24.8. The van der Waals surface area contributed by atoms with E-state index in [-0.39, 0.29) is 25.0 Å². The van der Waals surface area contributed by atoms with Gasteiger partial charge in [-0.15, -0.1) is 6.58 Å². The smallest absolute Gasteiger partial charge is 0.321 e. The predicted molar refractivity (Wildman–Crippen MR) is 68.0 cm³/mol. The van der Waals surface area contributed by atoms with Crippen molar-refractivity contribution in [2.75, 3.05) is 32.8 Å². The summed E-state index contributed by atoms with van der Waals surface area (Å²) >= 11 is 0.